The highest BCUT2D eigenvalue weighted by Gasteiger charge is 2.19. The van der Waals surface area contributed by atoms with Gasteiger partial charge >= 0.3 is 0 Å². The molecule has 0 saturated carbocycles. The fourth-order valence-electron chi connectivity index (χ4n) is 2.79. The topological polar surface area (TPSA) is 48.0 Å². The first-order chi connectivity index (χ1) is 12.7. The van der Waals surface area contributed by atoms with E-state index in [9.17, 15) is 9.18 Å². The summed E-state index contributed by atoms with van der Waals surface area (Å²) in [6.45, 7) is 4.26. The molecule has 0 saturated heterocycles. The monoisotopic (exact) mass is 359 g/mol. The highest BCUT2D eigenvalue weighted by molar-refractivity contribution is 5.76. The first-order valence-corrected chi connectivity index (χ1v) is 8.71. The molecule has 6 heteroatoms. The van der Waals surface area contributed by atoms with Gasteiger partial charge in [0.1, 0.15) is 24.8 Å². The van der Waals surface area contributed by atoms with Crippen LogP contribution in [0.25, 0.3) is 0 Å². The Balaban J connectivity index is 1.56. The summed E-state index contributed by atoms with van der Waals surface area (Å²) in [5.74, 6) is 1.65. The summed E-state index contributed by atoms with van der Waals surface area (Å²) in [5, 5.41) is 0. The van der Waals surface area contributed by atoms with Crippen LogP contribution in [-0.2, 0) is 11.3 Å². The second-order valence-corrected chi connectivity index (χ2v) is 5.90. The Morgan fingerprint density at radius 3 is 2.69 bits per heavy atom. The summed E-state index contributed by atoms with van der Waals surface area (Å²) in [7, 11) is 0. The Hall–Kier alpha value is -2.76. The number of rotatable bonds is 7. The molecule has 0 radical (unpaired) electrons. The van der Waals surface area contributed by atoms with Crippen molar-refractivity contribution in [3.8, 4) is 17.2 Å². The molecule has 0 spiro atoms. The van der Waals surface area contributed by atoms with Crippen LogP contribution in [0.2, 0.25) is 0 Å². The number of benzene rings is 2. The van der Waals surface area contributed by atoms with Gasteiger partial charge in [-0.2, -0.15) is 0 Å². The van der Waals surface area contributed by atoms with Gasteiger partial charge in [0, 0.05) is 18.7 Å². The molecule has 1 amide bonds. The van der Waals surface area contributed by atoms with Gasteiger partial charge in [-0.15, -0.1) is 0 Å². The summed E-state index contributed by atoms with van der Waals surface area (Å²) in [6.07, 6.45) is 0.248. The van der Waals surface area contributed by atoms with E-state index in [2.05, 4.69) is 0 Å². The lowest BCUT2D eigenvalue weighted by molar-refractivity contribution is -0.132. The number of fused-ring (bicyclic) bond motifs is 1. The average molecular weight is 359 g/mol. The molecule has 0 N–H and O–H groups in total. The number of carbonyl (C=O) groups is 1. The van der Waals surface area contributed by atoms with Crippen molar-refractivity contribution < 1.29 is 23.4 Å². The summed E-state index contributed by atoms with van der Waals surface area (Å²) >= 11 is 0. The summed E-state index contributed by atoms with van der Waals surface area (Å²) in [4.78, 5) is 14.3. The zero-order valence-electron chi connectivity index (χ0n) is 14.7. The van der Waals surface area contributed by atoms with E-state index in [1.54, 1.807) is 17.0 Å². The summed E-state index contributed by atoms with van der Waals surface area (Å²) < 4.78 is 29.7. The largest absolute Gasteiger partial charge is 0.493 e. The van der Waals surface area contributed by atoms with Crippen LogP contribution in [0.5, 0.6) is 17.2 Å². The standard InChI is InChI=1S/C20H22FNO4/c1-2-22(14-15-4-3-5-18-20(15)26-13-12-25-18)19(23)10-11-24-17-8-6-16(21)7-9-17/h3-9H,2,10-14H2,1H3. The third-order valence-electron chi connectivity index (χ3n) is 4.14. The zero-order chi connectivity index (χ0) is 18.4. The Morgan fingerprint density at radius 2 is 1.92 bits per heavy atom. The van der Waals surface area contributed by atoms with Gasteiger partial charge in [0.25, 0.3) is 0 Å². The van der Waals surface area contributed by atoms with Crippen molar-refractivity contribution in [2.45, 2.75) is 19.9 Å². The Bertz CT molecular complexity index is 748. The molecule has 0 atom stereocenters. The van der Waals surface area contributed by atoms with Gasteiger partial charge < -0.3 is 19.1 Å². The molecule has 0 unspecified atom stereocenters. The minimum Gasteiger partial charge on any atom is -0.493 e. The maximum absolute atomic E-state index is 12.9. The lowest BCUT2D eigenvalue weighted by Crippen LogP contribution is -2.31. The molecule has 1 aliphatic rings. The van der Waals surface area contributed by atoms with Gasteiger partial charge in [-0.3, -0.25) is 4.79 Å². The third kappa shape index (κ3) is 4.45. The second kappa shape index (κ2) is 8.56. The highest BCUT2D eigenvalue weighted by atomic mass is 19.1. The van der Waals surface area contributed by atoms with E-state index in [1.165, 1.54) is 12.1 Å². The first kappa shape index (κ1) is 18.0. The molecule has 2 aromatic rings. The van der Waals surface area contributed by atoms with Crippen LogP contribution in [0.4, 0.5) is 4.39 Å². The van der Waals surface area contributed by atoms with Gasteiger partial charge in [-0.25, -0.2) is 4.39 Å². The van der Waals surface area contributed by atoms with Gasteiger partial charge in [0.15, 0.2) is 11.5 Å². The van der Waals surface area contributed by atoms with E-state index >= 15 is 0 Å². The van der Waals surface area contributed by atoms with Crippen molar-refractivity contribution in [2.75, 3.05) is 26.4 Å². The van der Waals surface area contributed by atoms with Gasteiger partial charge in [0.05, 0.1) is 13.0 Å². The predicted molar refractivity (Wildman–Crippen MR) is 95.0 cm³/mol. The number of amides is 1. The Morgan fingerprint density at radius 1 is 1.15 bits per heavy atom. The molecule has 3 rings (SSSR count). The van der Waals surface area contributed by atoms with Crippen molar-refractivity contribution in [3.05, 3.63) is 53.8 Å². The average Bonchev–Trinajstić information content (AvgIpc) is 2.67. The van der Waals surface area contributed by atoms with E-state index in [1.807, 2.05) is 25.1 Å². The number of nitrogens with zero attached hydrogens (tertiary/aromatic N) is 1. The molecular weight excluding hydrogens is 337 g/mol. The maximum atomic E-state index is 12.9. The smallest absolute Gasteiger partial charge is 0.226 e. The van der Waals surface area contributed by atoms with Crippen molar-refractivity contribution in [1.29, 1.82) is 0 Å². The number of hydrogen-bond donors (Lipinski definition) is 0. The molecule has 0 bridgehead atoms. The van der Waals surface area contributed by atoms with E-state index in [0.29, 0.717) is 37.8 Å². The van der Waals surface area contributed by atoms with Crippen molar-refractivity contribution in [1.82, 2.24) is 4.90 Å². The number of carbonyl (C=O) groups excluding carboxylic acids is 1. The van der Waals surface area contributed by atoms with Crippen LogP contribution in [0.1, 0.15) is 18.9 Å². The van der Waals surface area contributed by atoms with Crippen molar-refractivity contribution >= 4 is 5.91 Å². The molecule has 0 aliphatic carbocycles. The molecule has 1 heterocycles. The minimum absolute atomic E-state index is 0.0102. The van der Waals surface area contributed by atoms with E-state index in [-0.39, 0.29) is 24.8 Å². The highest BCUT2D eigenvalue weighted by Crippen LogP contribution is 2.34. The fraction of sp³-hybridized carbons (Fsp3) is 0.350. The van der Waals surface area contributed by atoms with Crippen LogP contribution >= 0.6 is 0 Å². The van der Waals surface area contributed by atoms with E-state index in [0.717, 1.165) is 11.3 Å². The maximum Gasteiger partial charge on any atom is 0.226 e. The normalized spacial score (nSPS) is 12.5. The lowest BCUT2D eigenvalue weighted by atomic mass is 10.1. The molecule has 0 aromatic heterocycles. The molecule has 5 nitrogen and oxygen atoms in total. The first-order valence-electron chi connectivity index (χ1n) is 8.71. The van der Waals surface area contributed by atoms with Crippen LogP contribution in [0, 0.1) is 5.82 Å². The van der Waals surface area contributed by atoms with E-state index in [4.69, 9.17) is 14.2 Å². The molecule has 0 fully saturated rings. The number of para-hydroxylation sites is 1. The van der Waals surface area contributed by atoms with Crippen LogP contribution in [0.15, 0.2) is 42.5 Å². The van der Waals surface area contributed by atoms with Gasteiger partial charge in [0.2, 0.25) is 5.91 Å². The lowest BCUT2D eigenvalue weighted by Gasteiger charge is -2.25. The molecular formula is C20H22FNO4. The number of halogens is 1. The SMILES string of the molecule is CCN(Cc1cccc2c1OCCO2)C(=O)CCOc1ccc(F)cc1. The van der Waals surface area contributed by atoms with E-state index < -0.39 is 0 Å². The quantitative estimate of drug-likeness (QED) is 0.760. The summed E-state index contributed by atoms with van der Waals surface area (Å²) in [5.41, 5.74) is 0.928. The van der Waals surface area contributed by atoms with Crippen LogP contribution < -0.4 is 14.2 Å². The summed E-state index contributed by atoms with van der Waals surface area (Å²) in [6, 6.07) is 11.5. The predicted octanol–water partition coefficient (Wildman–Crippen LogP) is 3.41. The minimum atomic E-state index is -0.317. The molecule has 138 valence electrons. The zero-order valence-corrected chi connectivity index (χ0v) is 14.7. The van der Waals surface area contributed by atoms with Gasteiger partial charge in [-0.05, 0) is 37.3 Å². The number of ether oxygens (including phenoxy) is 3. The Kier molecular flexibility index (Phi) is 5.94. The van der Waals surface area contributed by atoms with Crippen molar-refractivity contribution in [3.63, 3.8) is 0 Å². The Labute approximate surface area is 152 Å². The van der Waals surface area contributed by atoms with Gasteiger partial charge in [-0.1, -0.05) is 12.1 Å². The van der Waals surface area contributed by atoms with Crippen LogP contribution in [-0.4, -0.2) is 37.2 Å². The molecule has 1 aliphatic heterocycles. The van der Waals surface area contributed by atoms with Crippen molar-refractivity contribution in [2.24, 2.45) is 0 Å². The number of hydrogen-bond acceptors (Lipinski definition) is 4. The fourth-order valence-corrected chi connectivity index (χ4v) is 2.79. The molecule has 2 aromatic carbocycles. The third-order valence-corrected chi connectivity index (χ3v) is 4.14. The van der Waals surface area contributed by atoms with Crippen LogP contribution in [0.3, 0.4) is 0 Å². The molecule has 26 heavy (non-hydrogen) atoms. The second-order valence-electron chi connectivity index (χ2n) is 5.90.